The molecule has 2 aliphatic carbocycles. The summed E-state index contributed by atoms with van der Waals surface area (Å²) >= 11 is 0. The zero-order chi connectivity index (χ0) is 18.5. The molecule has 0 heterocycles. The van der Waals surface area contributed by atoms with E-state index in [0.29, 0.717) is 0 Å². The van der Waals surface area contributed by atoms with Gasteiger partial charge in [0.05, 0.1) is 0 Å². The lowest BCUT2D eigenvalue weighted by atomic mass is 9.77. The lowest BCUT2D eigenvalue weighted by Gasteiger charge is -2.29. The molecule has 0 saturated heterocycles. The summed E-state index contributed by atoms with van der Waals surface area (Å²) in [6.45, 7) is 4.43. The van der Waals surface area contributed by atoms with Gasteiger partial charge in [-0.25, -0.2) is 0 Å². The van der Waals surface area contributed by atoms with Crippen LogP contribution in [0.2, 0.25) is 0 Å². The smallest absolute Gasteiger partial charge is 0.0231 e. The molecule has 2 unspecified atom stereocenters. The van der Waals surface area contributed by atoms with E-state index in [-0.39, 0.29) is 0 Å². The van der Waals surface area contributed by atoms with E-state index in [9.17, 15) is 0 Å². The van der Waals surface area contributed by atoms with E-state index in [4.69, 9.17) is 0 Å². The van der Waals surface area contributed by atoms with Crippen molar-refractivity contribution < 1.29 is 0 Å². The van der Waals surface area contributed by atoms with Gasteiger partial charge in [-0.1, -0.05) is 102 Å². The van der Waals surface area contributed by atoms with Crippen LogP contribution in [0.3, 0.4) is 0 Å². The van der Waals surface area contributed by atoms with E-state index in [1.54, 1.807) is 0 Å². The van der Waals surface area contributed by atoms with Gasteiger partial charge in [-0.05, 0) is 62.7 Å². The first kappa shape index (κ1) is 21.8. The predicted octanol–water partition coefficient (Wildman–Crippen LogP) is 8.87. The van der Waals surface area contributed by atoms with Crippen molar-refractivity contribution in [2.75, 3.05) is 0 Å². The normalized spacial score (nSPS) is 30.4. The maximum Gasteiger partial charge on any atom is -0.0231 e. The second kappa shape index (κ2) is 13.6. The molecular weight excluding hydrogens is 312 g/mol. The standard InChI is InChI=1S/C26H46/c1-3-5-7-12-23-18-20-24(21-19-23)13-9-10-15-26-17-11-16-25(22-26)14-8-6-4-2/h3,5,8,14,23-26H,4,6-7,9-13,15-22H2,1-2H3/t23-,24-,25?,26?. The first-order chi connectivity index (χ1) is 12.8. The van der Waals surface area contributed by atoms with E-state index in [0.717, 1.165) is 23.7 Å². The topological polar surface area (TPSA) is 0 Å². The fourth-order valence-corrected chi connectivity index (χ4v) is 5.40. The molecule has 2 fully saturated rings. The van der Waals surface area contributed by atoms with Gasteiger partial charge in [-0.2, -0.15) is 0 Å². The average molecular weight is 359 g/mol. The highest BCUT2D eigenvalue weighted by atomic mass is 14.3. The van der Waals surface area contributed by atoms with Crippen LogP contribution in [-0.2, 0) is 0 Å². The first-order valence-electron chi connectivity index (χ1n) is 12.1. The second-order valence-electron chi connectivity index (χ2n) is 9.33. The SMILES string of the molecule is CC=CCC[C@H]1CC[C@H](CCCCC2CCCC(C=CCCC)C2)CC1. The monoisotopic (exact) mass is 358 g/mol. The highest BCUT2D eigenvalue weighted by Gasteiger charge is 2.22. The van der Waals surface area contributed by atoms with Gasteiger partial charge in [-0.15, -0.1) is 0 Å². The van der Waals surface area contributed by atoms with Gasteiger partial charge >= 0.3 is 0 Å². The van der Waals surface area contributed by atoms with Crippen molar-refractivity contribution in [2.24, 2.45) is 23.7 Å². The van der Waals surface area contributed by atoms with Crippen molar-refractivity contribution in [1.29, 1.82) is 0 Å². The summed E-state index contributed by atoms with van der Waals surface area (Å²) in [7, 11) is 0. The van der Waals surface area contributed by atoms with E-state index in [2.05, 4.69) is 38.2 Å². The van der Waals surface area contributed by atoms with Crippen molar-refractivity contribution in [2.45, 2.75) is 117 Å². The summed E-state index contributed by atoms with van der Waals surface area (Å²) in [6, 6.07) is 0. The third kappa shape index (κ3) is 8.92. The van der Waals surface area contributed by atoms with Crippen LogP contribution in [0.15, 0.2) is 24.3 Å². The molecular formula is C26H46. The summed E-state index contributed by atoms with van der Waals surface area (Å²) in [6.07, 6.45) is 32.9. The Hall–Kier alpha value is -0.520. The second-order valence-corrected chi connectivity index (χ2v) is 9.33. The Morgan fingerprint density at radius 3 is 2.12 bits per heavy atom. The first-order valence-corrected chi connectivity index (χ1v) is 12.1. The van der Waals surface area contributed by atoms with Gasteiger partial charge in [0.25, 0.3) is 0 Å². The maximum absolute atomic E-state index is 2.55. The molecule has 2 aliphatic rings. The van der Waals surface area contributed by atoms with Gasteiger partial charge in [0.15, 0.2) is 0 Å². The van der Waals surface area contributed by atoms with E-state index in [1.165, 1.54) is 103 Å². The number of unbranched alkanes of at least 4 members (excludes halogenated alkanes) is 2. The number of allylic oxidation sites excluding steroid dienone is 4. The number of hydrogen-bond donors (Lipinski definition) is 0. The summed E-state index contributed by atoms with van der Waals surface area (Å²) in [5.41, 5.74) is 0. The van der Waals surface area contributed by atoms with Gasteiger partial charge in [0.2, 0.25) is 0 Å². The molecule has 150 valence electrons. The number of rotatable bonds is 11. The van der Waals surface area contributed by atoms with Crippen molar-refractivity contribution in [3.8, 4) is 0 Å². The minimum absolute atomic E-state index is 0.901. The average Bonchev–Trinajstić information content (AvgIpc) is 2.67. The molecule has 0 aliphatic heterocycles. The van der Waals surface area contributed by atoms with Crippen LogP contribution in [-0.4, -0.2) is 0 Å². The Balaban J connectivity index is 1.51. The molecule has 0 spiro atoms. The highest BCUT2D eigenvalue weighted by Crippen LogP contribution is 2.36. The number of hydrogen-bond acceptors (Lipinski definition) is 0. The summed E-state index contributed by atoms with van der Waals surface area (Å²) in [4.78, 5) is 0. The summed E-state index contributed by atoms with van der Waals surface area (Å²) in [5, 5.41) is 0. The van der Waals surface area contributed by atoms with E-state index >= 15 is 0 Å². The molecule has 0 aromatic heterocycles. The fraction of sp³-hybridized carbons (Fsp3) is 0.846. The molecule has 0 nitrogen and oxygen atoms in total. The quantitative estimate of drug-likeness (QED) is 0.255. The van der Waals surface area contributed by atoms with Crippen molar-refractivity contribution in [3.63, 3.8) is 0 Å². The van der Waals surface area contributed by atoms with Crippen LogP contribution in [0.25, 0.3) is 0 Å². The molecule has 0 aromatic rings. The molecule has 0 bridgehead atoms. The minimum atomic E-state index is 0.901. The third-order valence-corrected chi connectivity index (χ3v) is 7.11. The van der Waals surface area contributed by atoms with Crippen LogP contribution < -0.4 is 0 Å². The Morgan fingerprint density at radius 1 is 0.731 bits per heavy atom. The van der Waals surface area contributed by atoms with Crippen LogP contribution in [0.4, 0.5) is 0 Å². The Labute approximate surface area is 164 Å². The summed E-state index contributed by atoms with van der Waals surface area (Å²) < 4.78 is 0. The largest absolute Gasteiger partial charge is 0.0917 e. The molecule has 2 rings (SSSR count). The molecule has 0 heteroatoms. The lowest BCUT2D eigenvalue weighted by Crippen LogP contribution is -2.15. The van der Waals surface area contributed by atoms with Gasteiger partial charge in [0, 0.05) is 0 Å². The van der Waals surface area contributed by atoms with Crippen LogP contribution in [0.5, 0.6) is 0 Å². The highest BCUT2D eigenvalue weighted by molar-refractivity contribution is 4.91. The van der Waals surface area contributed by atoms with Crippen LogP contribution in [0, 0.1) is 23.7 Å². The lowest BCUT2D eigenvalue weighted by molar-refractivity contribution is 0.242. The van der Waals surface area contributed by atoms with E-state index < -0.39 is 0 Å². The minimum Gasteiger partial charge on any atom is -0.0917 e. The maximum atomic E-state index is 2.55. The molecule has 0 N–H and O–H groups in total. The predicted molar refractivity (Wildman–Crippen MR) is 117 cm³/mol. The van der Waals surface area contributed by atoms with Gasteiger partial charge in [0.1, 0.15) is 0 Å². The zero-order valence-electron chi connectivity index (χ0n) is 17.9. The Bertz CT molecular complexity index is 383. The molecule has 2 atom stereocenters. The van der Waals surface area contributed by atoms with Gasteiger partial charge in [-0.3, -0.25) is 0 Å². The van der Waals surface area contributed by atoms with Crippen molar-refractivity contribution in [1.82, 2.24) is 0 Å². The zero-order valence-corrected chi connectivity index (χ0v) is 17.9. The summed E-state index contributed by atoms with van der Waals surface area (Å²) in [5.74, 6) is 4.02. The Morgan fingerprint density at radius 2 is 1.42 bits per heavy atom. The van der Waals surface area contributed by atoms with Crippen molar-refractivity contribution in [3.05, 3.63) is 24.3 Å². The van der Waals surface area contributed by atoms with E-state index in [1.807, 2.05) is 0 Å². The van der Waals surface area contributed by atoms with Crippen LogP contribution >= 0.6 is 0 Å². The van der Waals surface area contributed by atoms with Gasteiger partial charge < -0.3 is 0 Å². The fourth-order valence-electron chi connectivity index (χ4n) is 5.40. The van der Waals surface area contributed by atoms with Crippen LogP contribution in [0.1, 0.15) is 117 Å². The van der Waals surface area contributed by atoms with Crippen molar-refractivity contribution >= 4 is 0 Å². The third-order valence-electron chi connectivity index (χ3n) is 7.11. The molecule has 0 amide bonds. The molecule has 2 saturated carbocycles. The molecule has 26 heavy (non-hydrogen) atoms. The Kier molecular flexibility index (Phi) is 11.4. The molecule has 0 radical (unpaired) electrons. The molecule has 0 aromatic carbocycles.